The van der Waals surface area contributed by atoms with Gasteiger partial charge in [-0.2, -0.15) is 0 Å². The van der Waals surface area contributed by atoms with Crippen LogP contribution in [-0.2, 0) is 13.1 Å². The molecule has 1 N–H and O–H groups in total. The molecule has 2 heterocycles. The molecule has 0 radical (unpaired) electrons. The van der Waals surface area contributed by atoms with Crippen LogP contribution in [0.2, 0.25) is 0 Å². The van der Waals surface area contributed by atoms with Gasteiger partial charge in [0, 0.05) is 37.1 Å². The van der Waals surface area contributed by atoms with Gasteiger partial charge in [0.2, 0.25) is 0 Å². The van der Waals surface area contributed by atoms with Crippen molar-refractivity contribution in [1.29, 1.82) is 0 Å². The minimum atomic E-state index is -0.402. The molecule has 0 fully saturated rings. The molecule has 0 unspecified atom stereocenters. The van der Waals surface area contributed by atoms with E-state index in [0.29, 0.717) is 23.6 Å². The van der Waals surface area contributed by atoms with Gasteiger partial charge < -0.3 is 9.88 Å². The number of aryl methyl sites for hydroxylation is 1. The Bertz CT molecular complexity index is 1170. The van der Waals surface area contributed by atoms with E-state index in [9.17, 15) is 10.1 Å². The molecule has 4 aromatic rings. The average Bonchev–Trinajstić information content (AvgIpc) is 3.17. The van der Waals surface area contributed by atoms with E-state index in [1.54, 1.807) is 12.3 Å². The zero-order chi connectivity index (χ0) is 20.9. The average molecular weight is 399 g/mol. The lowest BCUT2D eigenvalue weighted by Gasteiger charge is -2.10. The van der Waals surface area contributed by atoms with Crippen LogP contribution in [0.15, 0.2) is 79.1 Å². The highest BCUT2D eigenvalue weighted by Crippen LogP contribution is 2.29. The normalized spacial score (nSPS) is 10.7. The summed E-state index contributed by atoms with van der Waals surface area (Å²) in [7, 11) is 0. The molecule has 0 saturated heterocycles. The summed E-state index contributed by atoms with van der Waals surface area (Å²) in [6.45, 7) is 3.30. The van der Waals surface area contributed by atoms with E-state index in [1.807, 2.05) is 55.6 Å². The van der Waals surface area contributed by atoms with E-state index in [4.69, 9.17) is 0 Å². The van der Waals surface area contributed by atoms with Crippen LogP contribution in [0.25, 0.3) is 11.3 Å². The number of anilines is 1. The summed E-state index contributed by atoms with van der Waals surface area (Å²) in [6, 6.07) is 20.6. The third-order valence-electron chi connectivity index (χ3n) is 4.86. The first-order chi connectivity index (χ1) is 14.6. The number of nitrogens with zero attached hydrogens (tertiary/aromatic N) is 4. The Kier molecular flexibility index (Phi) is 5.52. The van der Waals surface area contributed by atoms with Crippen molar-refractivity contribution in [3.8, 4) is 11.3 Å². The Labute approximate surface area is 174 Å². The van der Waals surface area contributed by atoms with E-state index in [-0.39, 0.29) is 5.69 Å². The fourth-order valence-electron chi connectivity index (χ4n) is 3.30. The highest BCUT2D eigenvalue weighted by Gasteiger charge is 2.17. The van der Waals surface area contributed by atoms with Gasteiger partial charge in [0.05, 0.1) is 4.92 Å². The predicted octanol–water partition coefficient (Wildman–Crippen LogP) is 4.82. The number of hydrogen-bond donors (Lipinski definition) is 1. The van der Waals surface area contributed by atoms with Gasteiger partial charge >= 0.3 is 0 Å². The minimum absolute atomic E-state index is 0.00977. The Morgan fingerprint density at radius 2 is 1.83 bits per heavy atom. The summed E-state index contributed by atoms with van der Waals surface area (Å²) < 4.78 is 2.09. The van der Waals surface area contributed by atoms with Gasteiger partial charge in [-0.3, -0.25) is 10.1 Å². The maximum atomic E-state index is 11.4. The highest BCUT2D eigenvalue weighted by molar-refractivity contribution is 5.71. The van der Waals surface area contributed by atoms with Crippen LogP contribution >= 0.6 is 0 Å². The molecule has 7 nitrogen and oxygen atoms in total. The molecule has 4 rings (SSSR count). The molecule has 7 heteroatoms. The largest absolute Gasteiger partial charge is 0.366 e. The molecule has 2 aromatic carbocycles. The van der Waals surface area contributed by atoms with Crippen LogP contribution in [0.5, 0.6) is 0 Å². The molecule has 0 aliphatic carbocycles. The fourth-order valence-corrected chi connectivity index (χ4v) is 3.30. The maximum absolute atomic E-state index is 11.4. The number of imidazole rings is 1. The van der Waals surface area contributed by atoms with E-state index in [1.165, 1.54) is 11.6 Å². The zero-order valence-electron chi connectivity index (χ0n) is 16.5. The number of nitrogens with one attached hydrogen (secondary N) is 1. The molecular weight excluding hydrogens is 378 g/mol. The molecule has 0 amide bonds. The number of hydrogen-bond acceptors (Lipinski definition) is 5. The van der Waals surface area contributed by atoms with E-state index >= 15 is 0 Å². The first kappa shape index (κ1) is 19.3. The van der Waals surface area contributed by atoms with Crippen LogP contribution in [-0.4, -0.2) is 19.5 Å². The van der Waals surface area contributed by atoms with Gasteiger partial charge in [-0.15, -0.1) is 0 Å². The number of benzene rings is 2. The van der Waals surface area contributed by atoms with Crippen molar-refractivity contribution in [3.05, 3.63) is 106 Å². The third kappa shape index (κ3) is 4.35. The topological polar surface area (TPSA) is 85.9 Å². The lowest BCUT2D eigenvalue weighted by Crippen LogP contribution is -2.05. The van der Waals surface area contributed by atoms with E-state index in [2.05, 4.69) is 32.0 Å². The van der Waals surface area contributed by atoms with Crippen LogP contribution < -0.4 is 5.32 Å². The monoisotopic (exact) mass is 399 g/mol. The van der Waals surface area contributed by atoms with Crippen molar-refractivity contribution in [2.24, 2.45) is 0 Å². The summed E-state index contributed by atoms with van der Waals surface area (Å²) in [6.07, 6.45) is 3.76. The summed E-state index contributed by atoms with van der Waals surface area (Å²) >= 11 is 0. The Morgan fingerprint density at radius 1 is 1.03 bits per heavy atom. The Hall–Kier alpha value is -4.00. The second kappa shape index (κ2) is 8.57. The van der Waals surface area contributed by atoms with E-state index < -0.39 is 4.92 Å². The first-order valence-corrected chi connectivity index (χ1v) is 9.60. The number of rotatable bonds is 7. The van der Waals surface area contributed by atoms with Crippen molar-refractivity contribution in [3.63, 3.8) is 0 Å². The van der Waals surface area contributed by atoms with Gasteiger partial charge in [-0.25, -0.2) is 9.97 Å². The van der Waals surface area contributed by atoms with Gasteiger partial charge in [-0.1, -0.05) is 54.6 Å². The van der Waals surface area contributed by atoms with Crippen molar-refractivity contribution in [2.45, 2.75) is 20.0 Å². The number of pyridine rings is 1. The first-order valence-electron chi connectivity index (χ1n) is 9.60. The standard InChI is InChI=1S/C23H21N5O2/c1-17-24-12-13-27(17)16-19-7-5-6-18(14-19)15-25-22-11-10-21(28(29)30)23(26-22)20-8-3-2-4-9-20/h2-14H,15-16H2,1H3,(H,25,26). The van der Waals surface area contributed by atoms with Gasteiger partial charge in [0.15, 0.2) is 5.69 Å². The smallest absolute Gasteiger partial charge is 0.295 e. The molecule has 0 bridgehead atoms. The van der Waals surface area contributed by atoms with E-state index in [0.717, 1.165) is 17.9 Å². The number of nitro groups is 1. The fraction of sp³-hybridized carbons (Fsp3) is 0.130. The minimum Gasteiger partial charge on any atom is -0.366 e. The third-order valence-corrected chi connectivity index (χ3v) is 4.86. The van der Waals surface area contributed by atoms with Gasteiger partial charge in [0.1, 0.15) is 11.6 Å². The van der Waals surface area contributed by atoms with Crippen molar-refractivity contribution in [1.82, 2.24) is 14.5 Å². The van der Waals surface area contributed by atoms with Crippen molar-refractivity contribution >= 4 is 11.5 Å². The molecule has 150 valence electrons. The molecule has 2 aromatic heterocycles. The summed E-state index contributed by atoms with van der Waals surface area (Å²) in [5.74, 6) is 1.57. The Morgan fingerprint density at radius 3 is 2.57 bits per heavy atom. The molecule has 0 aliphatic heterocycles. The summed E-state index contributed by atoms with van der Waals surface area (Å²) in [4.78, 5) is 19.8. The second-order valence-corrected chi connectivity index (χ2v) is 6.96. The quantitative estimate of drug-likeness (QED) is 0.356. The van der Waals surface area contributed by atoms with Crippen molar-refractivity contribution in [2.75, 3.05) is 5.32 Å². The highest BCUT2D eigenvalue weighted by atomic mass is 16.6. The lowest BCUT2D eigenvalue weighted by molar-refractivity contribution is -0.384. The zero-order valence-corrected chi connectivity index (χ0v) is 16.5. The van der Waals surface area contributed by atoms with Crippen LogP contribution in [0, 0.1) is 17.0 Å². The van der Waals surface area contributed by atoms with Crippen LogP contribution in [0.4, 0.5) is 11.5 Å². The second-order valence-electron chi connectivity index (χ2n) is 6.96. The molecule has 0 aliphatic rings. The molecule has 0 spiro atoms. The molecular formula is C23H21N5O2. The number of aromatic nitrogens is 3. The van der Waals surface area contributed by atoms with Gasteiger partial charge in [-0.05, 0) is 24.1 Å². The summed E-state index contributed by atoms with van der Waals surface area (Å²) in [5, 5.41) is 14.7. The SMILES string of the molecule is Cc1nccn1Cc1cccc(CNc2ccc([N+](=O)[O-])c(-c3ccccc3)n2)c1. The maximum Gasteiger partial charge on any atom is 0.295 e. The van der Waals surface area contributed by atoms with Crippen molar-refractivity contribution < 1.29 is 4.92 Å². The lowest BCUT2D eigenvalue weighted by atomic mass is 10.1. The van der Waals surface area contributed by atoms with Crippen LogP contribution in [0.3, 0.4) is 0 Å². The van der Waals surface area contributed by atoms with Gasteiger partial charge in [0.25, 0.3) is 5.69 Å². The molecule has 0 saturated carbocycles. The summed E-state index contributed by atoms with van der Waals surface area (Å²) in [5.41, 5.74) is 3.34. The van der Waals surface area contributed by atoms with Crippen LogP contribution in [0.1, 0.15) is 17.0 Å². The Balaban J connectivity index is 1.52. The molecule has 0 atom stereocenters. The molecule has 30 heavy (non-hydrogen) atoms. The predicted molar refractivity (Wildman–Crippen MR) is 116 cm³/mol.